The van der Waals surface area contributed by atoms with E-state index in [-0.39, 0.29) is 12.2 Å². The minimum Gasteiger partial charge on any atom is -0.490 e. The fourth-order valence-corrected chi connectivity index (χ4v) is 2.28. The Hall–Kier alpha value is -2.54. The Balaban J connectivity index is 1.94. The van der Waals surface area contributed by atoms with Gasteiger partial charge in [0.2, 0.25) is 10.0 Å². The van der Waals surface area contributed by atoms with Crippen molar-refractivity contribution in [1.82, 2.24) is 4.72 Å². The lowest BCUT2D eigenvalue weighted by Crippen LogP contribution is -2.29. The van der Waals surface area contributed by atoms with Crippen molar-refractivity contribution in [2.75, 3.05) is 19.5 Å². The van der Waals surface area contributed by atoms with Crippen molar-refractivity contribution in [1.29, 1.82) is 0 Å². The molecule has 0 heterocycles. The number of para-hydroxylation sites is 2. The molecule has 23 heavy (non-hydrogen) atoms. The van der Waals surface area contributed by atoms with Crippen LogP contribution in [-0.2, 0) is 10.0 Å². The SMILES string of the molecule is CS(=O)(=O)NC(=O)c1ccccc1OCCOc1ccccc1. The number of ether oxygens (including phenoxy) is 2. The number of amides is 1. The van der Waals surface area contributed by atoms with Gasteiger partial charge in [0.05, 0.1) is 11.8 Å². The van der Waals surface area contributed by atoms with Gasteiger partial charge >= 0.3 is 0 Å². The maximum Gasteiger partial charge on any atom is 0.268 e. The molecule has 2 rings (SSSR count). The van der Waals surface area contributed by atoms with Crippen molar-refractivity contribution < 1.29 is 22.7 Å². The van der Waals surface area contributed by atoms with Crippen LogP contribution in [0.3, 0.4) is 0 Å². The van der Waals surface area contributed by atoms with E-state index >= 15 is 0 Å². The second-order valence-corrected chi connectivity index (χ2v) is 6.46. The standard InChI is InChI=1S/C16H17NO5S/c1-23(19,20)17-16(18)14-9-5-6-10-15(14)22-12-11-21-13-7-3-2-4-8-13/h2-10H,11-12H2,1H3,(H,17,18). The molecule has 0 saturated carbocycles. The Morgan fingerprint density at radius 2 is 1.57 bits per heavy atom. The summed E-state index contributed by atoms with van der Waals surface area (Å²) in [4.78, 5) is 11.9. The highest BCUT2D eigenvalue weighted by Crippen LogP contribution is 2.18. The van der Waals surface area contributed by atoms with Gasteiger partial charge in [-0.15, -0.1) is 0 Å². The predicted molar refractivity (Wildman–Crippen MR) is 86.2 cm³/mol. The summed E-state index contributed by atoms with van der Waals surface area (Å²) in [5, 5.41) is 0. The predicted octanol–water partition coefficient (Wildman–Crippen LogP) is 1.83. The summed E-state index contributed by atoms with van der Waals surface area (Å²) in [6, 6.07) is 15.7. The molecular weight excluding hydrogens is 318 g/mol. The van der Waals surface area contributed by atoms with E-state index in [1.807, 2.05) is 35.1 Å². The Labute approximate surface area is 135 Å². The second-order valence-electron chi connectivity index (χ2n) is 4.71. The second kappa shape index (κ2) is 7.64. The van der Waals surface area contributed by atoms with Gasteiger partial charge in [-0.05, 0) is 24.3 Å². The maximum absolute atomic E-state index is 11.9. The van der Waals surface area contributed by atoms with Gasteiger partial charge in [0.15, 0.2) is 0 Å². The van der Waals surface area contributed by atoms with Crippen LogP contribution >= 0.6 is 0 Å². The Morgan fingerprint density at radius 1 is 0.957 bits per heavy atom. The highest BCUT2D eigenvalue weighted by Gasteiger charge is 2.15. The number of sulfonamides is 1. The normalized spacial score (nSPS) is 10.8. The van der Waals surface area contributed by atoms with Crippen LogP contribution in [0.5, 0.6) is 11.5 Å². The molecule has 1 amide bonds. The number of benzene rings is 2. The van der Waals surface area contributed by atoms with Crippen LogP contribution in [0.25, 0.3) is 0 Å². The van der Waals surface area contributed by atoms with Crippen molar-refractivity contribution in [3.63, 3.8) is 0 Å². The van der Waals surface area contributed by atoms with Crippen LogP contribution in [0, 0.1) is 0 Å². The lowest BCUT2D eigenvalue weighted by Gasteiger charge is -2.11. The van der Waals surface area contributed by atoms with Crippen molar-refractivity contribution in [2.24, 2.45) is 0 Å². The molecule has 0 aromatic heterocycles. The fraction of sp³-hybridized carbons (Fsp3) is 0.188. The number of hydrogen-bond donors (Lipinski definition) is 1. The molecule has 0 radical (unpaired) electrons. The molecule has 0 saturated heterocycles. The maximum atomic E-state index is 11.9. The zero-order valence-corrected chi connectivity index (χ0v) is 13.4. The summed E-state index contributed by atoms with van der Waals surface area (Å²) in [6.45, 7) is 0.518. The van der Waals surface area contributed by atoms with Crippen LogP contribution in [0.15, 0.2) is 54.6 Å². The van der Waals surface area contributed by atoms with Gasteiger partial charge < -0.3 is 9.47 Å². The molecule has 7 heteroatoms. The lowest BCUT2D eigenvalue weighted by atomic mass is 10.2. The monoisotopic (exact) mass is 335 g/mol. The van der Waals surface area contributed by atoms with Gasteiger partial charge in [-0.25, -0.2) is 13.1 Å². The highest BCUT2D eigenvalue weighted by molar-refractivity contribution is 7.89. The Kier molecular flexibility index (Phi) is 5.59. The first kappa shape index (κ1) is 16.8. The van der Waals surface area contributed by atoms with Crippen molar-refractivity contribution in [2.45, 2.75) is 0 Å². The first-order valence-corrected chi connectivity index (χ1v) is 8.76. The minimum absolute atomic E-state index is 0.151. The van der Waals surface area contributed by atoms with Gasteiger partial charge in [0.1, 0.15) is 24.7 Å². The van der Waals surface area contributed by atoms with Crippen LogP contribution in [0.1, 0.15) is 10.4 Å². The molecule has 0 aliphatic rings. The van der Waals surface area contributed by atoms with Crippen LogP contribution in [0.4, 0.5) is 0 Å². The number of carbonyl (C=O) groups excluding carboxylic acids is 1. The molecule has 1 N–H and O–H groups in total. The number of rotatable bonds is 7. The Bertz CT molecular complexity index is 759. The smallest absolute Gasteiger partial charge is 0.268 e. The van der Waals surface area contributed by atoms with E-state index in [2.05, 4.69) is 0 Å². The van der Waals surface area contributed by atoms with Gasteiger partial charge in [-0.3, -0.25) is 4.79 Å². The summed E-state index contributed by atoms with van der Waals surface area (Å²) in [6.07, 6.45) is 0.919. The van der Waals surface area contributed by atoms with Crippen LogP contribution < -0.4 is 14.2 Å². The zero-order chi connectivity index (χ0) is 16.7. The van der Waals surface area contributed by atoms with Crippen molar-refractivity contribution in [3.05, 3.63) is 60.2 Å². The van der Waals surface area contributed by atoms with E-state index in [9.17, 15) is 13.2 Å². The van der Waals surface area contributed by atoms with E-state index in [1.165, 1.54) is 6.07 Å². The Morgan fingerprint density at radius 3 is 2.26 bits per heavy atom. The average Bonchev–Trinajstić information content (AvgIpc) is 2.51. The topological polar surface area (TPSA) is 81.7 Å². The molecule has 0 bridgehead atoms. The van der Waals surface area contributed by atoms with Gasteiger partial charge in [0, 0.05) is 0 Å². The van der Waals surface area contributed by atoms with Crippen molar-refractivity contribution >= 4 is 15.9 Å². The molecule has 0 spiro atoms. The summed E-state index contributed by atoms with van der Waals surface area (Å²) < 4.78 is 35.2. The van der Waals surface area contributed by atoms with Crippen molar-refractivity contribution in [3.8, 4) is 11.5 Å². The molecular formula is C16H17NO5S. The number of carbonyl (C=O) groups is 1. The quantitative estimate of drug-likeness (QED) is 0.781. The third-order valence-electron chi connectivity index (χ3n) is 2.76. The molecule has 0 aliphatic heterocycles. The van der Waals surface area contributed by atoms with Gasteiger partial charge in [-0.1, -0.05) is 30.3 Å². The highest BCUT2D eigenvalue weighted by atomic mass is 32.2. The lowest BCUT2D eigenvalue weighted by molar-refractivity contribution is 0.0976. The first-order chi connectivity index (χ1) is 11.0. The van der Waals surface area contributed by atoms with Crippen LogP contribution in [0.2, 0.25) is 0 Å². The average molecular weight is 335 g/mol. The number of hydrogen-bond acceptors (Lipinski definition) is 5. The molecule has 122 valence electrons. The van der Waals surface area contributed by atoms with Gasteiger partial charge in [0.25, 0.3) is 5.91 Å². The van der Waals surface area contributed by atoms with E-state index in [0.29, 0.717) is 12.4 Å². The van der Waals surface area contributed by atoms with E-state index in [4.69, 9.17) is 9.47 Å². The zero-order valence-electron chi connectivity index (χ0n) is 12.6. The molecule has 0 aliphatic carbocycles. The number of nitrogens with one attached hydrogen (secondary N) is 1. The third kappa shape index (κ3) is 5.63. The van der Waals surface area contributed by atoms with Crippen LogP contribution in [-0.4, -0.2) is 33.8 Å². The van der Waals surface area contributed by atoms with E-state index < -0.39 is 15.9 Å². The molecule has 2 aromatic carbocycles. The molecule has 0 fully saturated rings. The molecule has 2 aromatic rings. The van der Waals surface area contributed by atoms with E-state index in [1.54, 1.807) is 18.2 Å². The molecule has 6 nitrogen and oxygen atoms in total. The van der Waals surface area contributed by atoms with Gasteiger partial charge in [-0.2, -0.15) is 0 Å². The largest absolute Gasteiger partial charge is 0.490 e. The summed E-state index contributed by atoms with van der Waals surface area (Å²) in [5.74, 6) is 0.289. The molecule has 0 unspecified atom stereocenters. The first-order valence-electron chi connectivity index (χ1n) is 6.87. The minimum atomic E-state index is -3.63. The summed E-state index contributed by atoms with van der Waals surface area (Å²) in [7, 11) is -3.63. The third-order valence-corrected chi connectivity index (χ3v) is 3.32. The summed E-state index contributed by atoms with van der Waals surface area (Å²) in [5.41, 5.74) is 0.151. The van der Waals surface area contributed by atoms with E-state index in [0.717, 1.165) is 12.0 Å². The molecule has 0 atom stereocenters. The fourth-order valence-electron chi connectivity index (χ4n) is 1.83. The summed E-state index contributed by atoms with van der Waals surface area (Å²) >= 11 is 0.